The average Bonchev–Trinajstić information content (AvgIpc) is 2.45. The van der Waals surface area contributed by atoms with Crippen molar-refractivity contribution in [3.05, 3.63) is 70.5 Å². The fourth-order valence-electron chi connectivity index (χ4n) is 2.08. The smallest absolute Gasteiger partial charge is 0.129 e. The zero-order chi connectivity index (χ0) is 14.5. The Morgan fingerprint density at radius 1 is 1.25 bits per heavy atom. The molecular formula is C17H17FN2. The highest BCUT2D eigenvalue weighted by molar-refractivity contribution is 5.33. The van der Waals surface area contributed by atoms with Gasteiger partial charge in [0.05, 0.1) is 11.6 Å². The number of nitrogens with one attached hydrogen (secondary N) is 1. The number of hydrogen-bond donors (Lipinski definition) is 1. The molecular weight excluding hydrogens is 251 g/mol. The van der Waals surface area contributed by atoms with Crippen molar-refractivity contribution in [1.29, 1.82) is 5.26 Å². The van der Waals surface area contributed by atoms with Crippen molar-refractivity contribution < 1.29 is 4.39 Å². The first kappa shape index (κ1) is 14.2. The van der Waals surface area contributed by atoms with E-state index in [4.69, 9.17) is 5.26 Å². The molecule has 102 valence electrons. The normalized spacial score (nSPS) is 11.9. The highest BCUT2D eigenvalue weighted by Gasteiger charge is 2.08. The van der Waals surface area contributed by atoms with Crippen molar-refractivity contribution >= 4 is 0 Å². The van der Waals surface area contributed by atoms with Gasteiger partial charge in [0.15, 0.2) is 0 Å². The van der Waals surface area contributed by atoms with E-state index in [2.05, 4.69) is 37.4 Å². The van der Waals surface area contributed by atoms with E-state index in [0.29, 0.717) is 17.7 Å². The maximum absolute atomic E-state index is 13.8. The van der Waals surface area contributed by atoms with Crippen molar-refractivity contribution in [2.75, 3.05) is 0 Å². The molecule has 0 heterocycles. The summed E-state index contributed by atoms with van der Waals surface area (Å²) in [6.45, 7) is 4.54. The third-order valence-electron chi connectivity index (χ3n) is 3.32. The zero-order valence-electron chi connectivity index (χ0n) is 11.7. The molecule has 20 heavy (non-hydrogen) atoms. The van der Waals surface area contributed by atoms with Crippen LogP contribution in [0.15, 0.2) is 42.5 Å². The van der Waals surface area contributed by atoms with Crippen LogP contribution in [0.5, 0.6) is 0 Å². The number of nitrogens with zero attached hydrogens (tertiary/aromatic N) is 1. The molecule has 0 unspecified atom stereocenters. The minimum Gasteiger partial charge on any atom is -0.306 e. The molecule has 0 fully saturated rings. The van der Waals surface area contributed by atoms with Gasteiger partial charge < -0.3 is 5.32 Å². The van der Waals surface area contributed by atoms with Crippen molar-refractivity contribution in [3.63, 3.8) is 0 Å². The van der Waals surface area contributed by atoms with Crippen molar-refractivity contribution in [2.24, 2.45) is 0 Å². The molecule has 2 aromatic carbocycles. The van der Waals surface area contributed by atoms with Gasteiger partial charge in [-0.05, 0) is 31.5 Å². The van der Waals surface area contributed by atoms with Gasteiger partial charge in [-0.2, -0.15) is 5.26 Å². The molecule has 0 bridgehead atoms. The second kappa shape index (κ2) is 6.31. The molecule has 0 amide bonds. The number of aryl methyl sites for hydroxylation is 1. The molecule has 0 aliphatic carbocycles. The van der Waals surface area contributed by atoms with Crippen LogP contribution in [-0.4, -0.2) is 0 Å². The van der Waals surface area contributed by atoms with E-state index in [9.17, 15) is 4.39 Å². The maximum Gasteiger partial charge on any atom is 0.129 e. The second-order valence-electron chi connectivity index (χ2n) is 4.93. The number of hydrogen-bond acceptors (Lipinski definition) is 2. The lowest BCUT2D eigenvalue weighted by Crippen LogP contribution is -2.18. The van der Waals surface area contributed by atoms with E-state index in [-0.39, 0.29) is 11.9 Å². The third kappa shape index (κ3) is 3.43. The Balaban J connectivity index is 2.04. The molecule has 2 aromatic rings. The Labute approximate surface area is 118 Å². The Morgan fingerprint density at radius 3 is 2.70 bits per heavy atom. The van der Waals surface area contributed by atoms with Crippen LogP contribution < -0.4 is 5.32 Å². The first-order valence-corrected chi connectivity index (χ1v) is 6.58. The molecule has 0 saturated carbocycles. The van der Waals surface area contributed by atoms with Gasteiger partial charge in [0.1, 0.15) is 5.82 Å². The fraction of sp³-hybridized carbons (Fsp3) is 0.235. The van der Waals surface area contributed by atoms with Crippen LogP contribution in [0.2, 0.25) is 0 Å². The lowest BCUT2D eigenvalue weighted by Gasteiger charge is -2.15. The Kier molecular flexibility index (Phi) is 4.49. The minimum atomic E-state index is -0.340. The van der Waals surface area contributed by atoms with Gasteiger partial charge in [0, 0.05) is 18.2 Å². The Hall–Kier alpha value is -2.18. The summed E-state index contributed by atoms with van der Waals surface area (Å²) in [4.78, 5) is 0. The summed E-state index contributed by atoms with van der Waals surface area (Å²) < 4.78 is 13.8. The van der Waals surface area contributed by atoms with Gasteiger partial charge in [-0.15, -0.1) is 0 Å². The second-order valence-corrected chi connectivity index (χ2v) is 4.93. The largest absolute Gasteiger partial charge is 0.306 e. The third-order valence-corrected chi connectivity index (χ3v) is 3.32. The molecule has 1 N–H and O–H groups in total. The summed E-state index contributed by atoms with van der Waals surface area (Å²) in [5.74, 6) is -0.340. The molecule has 2 nitrogen and oxygen atoms in total. The van der Waals surface area contributed by atoms with Crippen LogP contribution in [0.3, 0.4) is 0 Å². The molecule has 0 aliphatic rings. The van der Waals surface area contributed by atoms with Gasteiger partial charge in [-0.1, -0.05) is 35.9 Å². The number of rotatable bonds is 4. The number of nitriles is 1. The van der Waals surface area contributed by atoms with Gasteiger partial charge >= 0.3 is 0 Å². The van der Waals surface area contributed by atoms with Crippen LogP contribution in [-0.2, 0) is 6.54 Å². The zero-order valence-corrected chi connectivity index (χ0v) is 11.7. The summed E-state index contributed by atoms with van der Waals surface area (Å²) in [5.41, 5.74) is 3.31. The lowest BCUT2D eigenvalue weighted by molar-refractivity contribution is 0.544. The molecule has 3 heteroatoms. The minimum absolute atomic E-state index is 0.143. The molecule has 0 spiro atoms. The first-order valence-electron chi connectivity index (χ1n) is 6.58. The van der Waals surface area contributed by atoms with Crippen LogP contribution in [0.4, 0.5) is 4.39 Å². The molecule has 0 aliphatic heterocycles. The summed E-state index contributed by atoms with van der Waals surface area (Å²) in [7, 11) is 0. The predicted octanol–water partition coefficient (Wildman–Crippen LogP) is 3.86. The SMILES string of the molecule is Cc1cccc([C@@H](C)NCc2ccc(C#N)cc2F)c1. The van der Waals surface area contributed by atoms with Gasteiger partial charge in [0.2, 0.25) is 0 Å². The molecule has 1 atom stereocenters. The summed E-state index contributed by atoms with van der Waals surface area (Å²) in [6.07, 6.45) is 0. The van der Waals surface area contributed by atoms with Gasteiger partial charge in [-0.25, -0.2) is 4.39 Å². The molecule has 2 rings (SSSR count). The lowest BCUT2D eigenvalue weighted by atomic mass is 10.1. The average molecular weight is 268 g/mol. The van der Waals surface area contributed by atoms with Crippen molar-refractivity contribution in [3.8, 4) is 6.07 Å². The summed E-state index contributed by atoms with van der Waals surface area (Å²) >= 11 is 0. The predicted molar refractivity (Wildman–Crippen MR) is 77.5 cm³/mol. The van der Waals surface area contributed by atoms with Crippen molar-refractivity contribution in [1.82, 2.24) is 5.32 Å². The van der Waals surface area contributed by atoms with Gasteiger partial charge in [-0.3, -0.25) is 0 Å². The first-order chi connectivity index (χ1) is 9.60. The molecule has 0 radical (unpaired) electrons. The highest BCUT2D eigenvalue weighted by Crippen LogP contribution is 2.16. The fourth-order valence-corrected chi connectivity index (χ4v) is 2.08. The van der Waals surface area contributed by atoms with Crippen LogP contribution in [0.1, 0.15) is 35.2 Å². The van der Waals surface area contributed by atoms with E-state index in [1.807, 2.05) is 12.1 Å². The van der Waals surface area contributed by atoms with Gasteiger partial charge in [0.25, 0.3) is 0 Å². The van der Waals surface area contributed by atoms with E-state index < -0.39 is 0 Å². The van der Waals surface area contributed by atoms with Crippen LogP contribution in [0.25, 0.3) is 0 Å². The quantitative estimate of drug-likeness (QED) is 0.914. The highest BCUT2D eigenvalue weighted by atomic mass is 19.1. The van der Waals surface area contributed by atoms with E-state index >= 15 is 0 Å². The van der Waals surface area contributed by atoms with E-state index in [1.54, 1.807) is 12.1 Å². The monoisotopic (exact) mass is 268 g/mol. The Morgan fingerprint density at radius 2 is 2.05 bits per heavy atom. The maximum atomic E-state index is 13.8. The molecule has 0 aromatic heterocycles. The Bertz CT molecular complexity index is 644. The summed E-state index contributed by atoms with van der Waals surface area (Å²) in [6, 6.07) is 14.9. The van der Waals surface area contributed by atoms with E-state index in [0.717, 1.165) is 0 Å². The summed E-state index contributed by atoms with van der Waals surface area (Å²) in [5, 5.41) is 12.0. The number of halogens is 1. The van der Waals surface area contributed by atoms with Crippen LogP contribution in [0, 0.1) is 24.1 Å². The van der Waals surface area contributed by atoms with Crippen LogP contribution >= 0.6 is 0 Å². The topological polar surface area (TPSA) is 35.8 Å². The standard InChI is InChI=1S/C17H17FN2/c1-12-4-3-5-15(8-12)13(2)20-11-16-7-6-14(10-19)9-17(16)18/h3-9,13,20H,11H2,1-2H3/t13-/m1/s1. The molecule has 0 saturated heterocycles. The van der Waals surface area contributed by atoms with E-state index in [1.165, 1.54) is 17.2 Å². The number of benzene rings is 2. The van der Waals surface area contributed by atoms with Crippen molar-refractivity contribution in [2.45, 2.75) is 26.4 Å².